The molecule has 0 amide bonds. The predicted molar refractivity (Wildman–Crippen MR) is 61.3 cm³/mol. The van der Waals surface area contributed by atoms with Crippen LogP contribution in [0.2, 0.25) is 0 Å². The highest BCUT2D eigenvalue weighted by molar-refractivity contribution is 7.93. The summed E-state index contributed by atoms with van der Waals surface area (Å²) in [5, 5.41) is 0. The van der Waals surface area contributed by atoms with Crippen molar-refractivity contribution in [2.75, 3.05) is 0 Å². The summed E-state index contributed by atoms with van der Waals surface area (Å²) in [5.74, 6) is 0. The van der Waals surface area contributed by atoms with E-state index in [2.05, 4.69) is 24.4 Å². The molecule has 0 saturated carbocycles. The number of benzene rings is 1. The summed E-state index contributed by atoms with van der Waals surface area (Å²) in [6, 6.07) is 9.99. The minimum absolute atomic E-state index is 0. The molecule has 0 spiro atoms. The average Bonchev–Trinajstić information content (AvgIpc) is 2.08. The van der Waals surface area contributed by atoms with Crippen LogP contribution in [0.4, 0.5) is 0 Å². The third kappa shape index (κ3) is 7.51. The van der Waals surface area contributed by atoms with Crippen LogP contribution in [0.25, 0.3) is 0 Å². The van der Waals surface area contributed by atoms with Gasteiger partial charge >= 0.3 is 0 Å². The first kappa shape index (κ1) is 14.0. The van der Waals surface area contributed by atoms with E-state index in [4.69, 9.17) is 5.73 Å². The Labute approximate surface area is 84.6 Å². The van der Waals surface area contributed by atoms with Crippen molar-refractivity contribution in [3.63, 3.8) is 0 Å². The third-order valence-electron chi connectivity index (χ3n) is 1.08. The summed E-state index contributed by atoms with van der Waals surface area (Å²) < 4.78 is 1.92. The summed E-state index contributed by atoms with van der Waals surface area (Å²) in [5.41, 5.74) is 6.54. The second-order valence-electron chi connectivity index (χ2n) is 1.77. The summed E-state index contributed by atoms with van der Waals surface area (Å²) >= 11 is 7.92. The fourth-order valence-corrected chi connectivity index (χ4v) is 0.614. The highest BCUT2D eigenvalue weighted by Crippen LogP contribution is 1.94. The molecule has 1 rings (SSSR count). The van der Waals surface area contributed by atoms with Gasteiger partial charge in [0.05, 0.1) is 0 Å². The molecule has 0 saturated heterocycles. The molecule has 0 unspecified atom stereocenters. The van der Waals surface area contributed by atoms with E-state index in [1.807, 2.05) is 34.6 Å². The Bertz CT molecular complexity index is 215. The van der Waals surface area contributed by atoms with Crippen LogP contribution in [0.15, 0.2) is 30.3 Å². The summed E-state index contributed by atoms with van der Waals surface area (Å²) in [4.78, 5) is 0. The zero-order valence-corrected chi connectivity index (χ0v) is 7.62. The standard InChI is InChI=1S/C7H9N.CS2.CH4/c8-6-7-4-2-1-3-5-7;2-1-3;/h1-5H,6,8H2;;1H4. The van der Waals surface area contributed by atoms with Gasteiger partial charge < -0.3 is 5.73 Å². The second-order valence-corrected chi connectivity index (χ2v) is 2.44. The van der Waals surface area contributed by atoms with Gasteiger partial charge in [-0.1, -0.05) is 37.8 Å². The molecule has 0 bridgehead atoms. The van der Waals surface area contributed by atoms with E-state index >= 15 is 0 Å². The molecular formula is C9H13NS2. The van der Waals surface area contributed by atoms with Crippen LogP contribution in [0.3, 0.4) is 0 Å². The van der Waals surface area contributed by atoms with Crippen molar-refractivity contribution in [1.29, 1.82) is 0 Å². The lowest BCUT2D eigenvalue weighted by atomic mass is 10.2. The van der Waals surface area contributed by atoms with Crippen LogP contribution in [0.5, 0.6) is 0 Å². The minimum Gasteiger partial charge on any atom is -0.326 e. The fraction of sp³-hybridized carbons (Fsp3) is 0.222. The number of nitrogens with two attached hydrogens (primary N) is 1. The highest BCUT2D eigenvalue weighted by Gasteiger charge is 1.80. The van der Waals surface area contributed by atoms with Gasteiger partial charge in [0.25, 0.3) is 0 Å². The molecule has 12 heavy (non-hydrogen) atoms. The Balaban J connectivity index is 0. The van der Waals surface area contributed by atoms with Crippen molar-refractivity contribution in [3.8, 4) is 0 Å². The highest BCUT2D eigenvalue weighted by atomic mass is 32.1. The summed E-state index contributed by atoms with van der Waals surface area (Å²) in [7, 11) is 0. The lowest BCUT2D eigenvalue weighted by Crippen LogP contribution is -1.94. The van der Waals surface area contributed by atoms with Crippen LogP contribution in [0.1, 0.15) is 13.0 Å². The first-order chi connectivity index (χ1) is 5.35. The van der Waals surface area contributed by atoms with Crippen molar-refractivity contribution in [2.45, 2.75) is 14.0 Å². The zero-order valence-electron chi connectivity index (χ0n) is 5.99. The Morgan fingerprint density at radius 3 is 1.83 bits per heavy atom. The molecule has 1 nitrogen and oxygen atoms in total. The van der Waals surface area contributed by atoms with Crippen LogP contribution in [0, 0.1) is 0 Å². The van der Waals surface area contributed by atoms with Crippen molar-refractivity contribution in [2.24, 2.45) is 5.73 Å². The maximum Gasteiger partial charge on any atom is 0.0297 e. The zero-order chi connectivity index (χ0) is 8.53. The van der Waals surface area contributed by atoms with Crippen LogP contribution >= 0.6 is 24.4 Å². The molecule has 1 aromatic rings. The van der Waals surface area contributed by atoms with E-state index in [0.29, 0.717) is 6.54 Å². The van der Waals surface area contributed by atoms with Crippen LogP contribution < -0.4 is 5.73 Å². The fourth-order valence-electron chi connectivity index (χ4n) is 0.614. The van der Waals surface area contributed by atoms with Gasteiger partial charge in [-0.05, 0) is 30.0 Å². The Morgan fingerprint density at radius 2 is 1.58 bits per heavy atom. The number of hydrogen-bond acceptors (Lipinski definition) is 3. The van der Waals surface area contributed by atoms with Gasteiger partial charge in [-0.2, -0.15) is 0 Å². The molecule has 3 heteroatoms. The van der Waals surface area contributed by atoms with E-state index in [0.717, 1.165) is 0 Å². The van der Waals surface area contributed by atoms with Gasteiger partial charge in [0, 0.05) is 10.9 Å². The minimum atomic E-state index is 0. The predicted octanol–water partition coefficient (Wildman–Crippen LogP) is 2.80. The quantitative estimate of drug-likeness (QED) is 0.704. The maximum absolute atomic E-state index is 5.35. The molecule has 0 aliphatic rings. The normalized spacial score (nSPS) is 6.75. The van der Waals surface area contributed by atoms with E-state index in [1.54, 1.807) is 0 Å². The largest absolute Gasteiger partial charge is 0.326 e. The van der Waals surface area contributed by atoms with Crippen LogP contribution in [-0.4, -0.2) is 4.31 Å². The molecule has 0 aliphatic carbocycles. The van der Waals surface area contributed by atoms with Gasteiger partial charge in [-0.3, -0.25) is 0 Å². The van der Waals surface area contributed by atoms with Gasteiger partial charge in [-0.15, -0.1) is 0 Å². The maximum atomic E-state index is 5.35. The number of rotatable bonds is 1. The van der Waals surface area contributed by atoms with E-state index in [9.17, 15) is 0 Å². The first-order valence-corrected chi connectivity index (χ1v) is 3.90. The monoisotopic (exact) mass is 199 g/mol. The SMILES string of the molecule is C.NCc1ccccc1.S=C=S. The van der Waals surface area contributed by atoms with Gasteiger partial charge in [-0.25, -0.2) is 0 Å². The average molecular weight is 199 g/mol. The van der Waals surface area contributed by atoms with Gasteiger partial charge in [0.15, 0.2) is 0 Å². The lowest BCUT2D eigenvalue weighted by molar-refractivity contribution is 1.07. The molecule has 0 fully saturated rings. The van der Waals surface area contributed by atoms with E-state index in [-0.39, 0.29) is 7.43 Å². The summed E-state index contributed by atoms with van der Waals surface area (Å²) in [6.45, 7) is 0.640. The molecule has 0 radical (unpaired) electrons. The van der Waals surface area contributed by atoms with Crippen molar-refractivity contribution in [3.05, 3.63) is 35.9 Å². The number of hydrogen-bond donors (Lipinski definition) is 1. The first-order valence-electron chi connectivity index (χ1n) is 3.08. The third-order valence-corrected chi connectivity index (χ3v) is 1.08. The van der Waals surface area contributed by atoms with E-state index < -0.39 is 0 Å². The second kappa shape index (κ2) is 10.4. The number of thiocarbonyl (C=S) groups is 2. The molecule has 0 atom stereocenters. The van der Waals surface area contributed by atoms with Gasteiger partial charge in [0.1, 0.15) is 0 Å². The molecule has 2 N–H and O–H groups in total. The summed E-state index contributed by atoms with van der Waals surface area (Å²) in [6.07, 6.45) is 0. The molecule has 0 aromatic heterocycles. The molecule has 0 heterocycles. The van der Waals surface area contributed by atoms with Crippen molar-refractivity contribution < 1.29 is 0 Å². The van der Waals surface area contributed by atoms with Gasteiger partial charge in [0.2, 0.25) is 0 Å². The van der Waals surface area contributed by atoms with Crippen molar-refractivity contribution >= 4 is 28.7 Å². The van der Waals surface area contributed by atoms with E-state index in [1.165, 1.54) is 5.56 Å². The Hall–Kier alpha value is -0.600. The Morgan fingerprint density at radius 1 is 1.17 bits per heavy atom. The topological polar surface area (TPSA) is 26.0 Å². The molecular weight excluding hydrogens is 186 g/mol. The molecule has 66 valence electrons. The van der Waals surface area contributed by atoms with Crippen molar-refractivity contribution in [1.82, 2.24) is 0 Å². The smallest absolute Gasteiger partial charge is 0.0297 e. The Kier molecular flexibility index (Phi) is 12.1. The molecule has 1 aromatic carbocycles. The lowest BCUT2D eigenvalue weighted by Gasteiger charge is -1.90. The van der Waals surface area contributed by atoms with Crippen LogP contribution in [-0.2, 0) is 6.54 Å². The molecule has 0 aliphatic heterocycles.